The summed E-state index contributed by atoms with van der Waals surface area (Å²) in [6.45, 7) is 1.05. The van der Waals surface area contributed by atoms with Crippen molar-refractivity contribution in [3.8, 4) is 5.88 Å². The molecule has 1 aliphatic heterocycles. The molecule has 2 aromatic heterocycles. The van der Waals surface area contributed by atoms with E-state index in [0.29, 0.717) is 30.1 Å². The molecule has 0 bridgehead atoms. The standard InChI is InChI=1S/C14H18N4O2S/c1-19-13-3-2-10(8-16-13)6-12-17-14(20-18-12)7-11-9-21-5-4-15-11/h2-3,8,11,15H,4-7,9H2,1H3. The zero-order valence-electron chi connectivity index (χ0n) is 11.9. The van der Waals surface area contributed by atoms with Crippen molar-refractivity contribution in [1.29, 1.82) is 0 Å². The predicted molar refractivity (Wildman–Crippen MR) is 80.7 cm³/mol. The Morgan fingerprint density at radius 1 is 1.48 bits per heavy atom. The number of thioether (sulfide) groups is 1. The minimum Gasteiger partial charge on any atom is -0.481 e. The van der Waals surface area contributed by atoms with Crippen molar-refractivity contribution in [2.75, 3.05) is 25.2 Å². The molecule has 1 saturated heterocycles. The molecule has 7 heteroatoms. The second-order valence-electron chi connectivity index (χ2n) is 4.92. The zero-order chi connectivity index (χ0) is 14.5. The Hall–Kier alpha value is -1.60. The van der Waals surface area contributed by atoms with Crippen LogP contribution in [0.3, 0.4) is 0 Å². The molecule has 1 N–H and O–H groups in total. The highest BCUT2D eigenvalue weighted by atomic mass is 32.2. The zero-order valence-corrected chi connectivity index (χ0v) is 12.7. The van der Waals surface area contributed by atoms with Crippen LogP contribution in [0.4, 0.5) is 0 Å². The summed E-state index contributed by atoms with van der Waals surface area (Å²) in [5, 5.41) is 7.51. The van der Waals surface area contributed by atoms with Crippen LogP contribution >= 0.6 is 11.8 Å². The number of nitrogens with zero attached hydrogens (tertiary/aromatic N) is 3. The first-order chi connectivity index (χ1) is 10.3. The molecular formula is C14H18N4O2S. The molecule has 0 amide bonds. The van der Waals surface area contributed by atoms with Gasteiger partial charge >= 0.3 is 0 Å². The topological polar surface area (TPSA) is 73.1 Å². The first kappa shape index (κ1) is 14.3. The summed E-state index contributed by atoms with van der Waals surface area (Å²) >= 11 is 1.96. The van der Waals surface area contributed by atoms with Crippen molar-refractivity contribution in [2.45, 2.75) is 18.9 Å². The Bertz CT molecular complexity index is 567. The molecule has 3 heterocycles. The SMILES string of the molecule is COc1ccc(Cc2noc(CC3CSCCN3)n2)cn1. The number of hydrogen-bond donors (Lipinski definition) is 1. The number of rotatable bonds is 5. The summed E-state index contributed by atoms with van der Waals surface area (Å²) in [5.41, 5.74) is 1.04. The fraction of sp³-hybridized carbons (Fsp3) is 0.500. The van der Waals surface area contributed by atoms with E-state index in [1.54, 1.807) is 13.3 Å². The van der Waals surface area contributed by atoms with Crippen LogP contribution in [0.2, 0.25) is 0 Å². The summed E-state index contributed by atoms with van der Waals surface area (Å²) in [4.78, 5) is 8.63. The molecule has 112 valence electrons. The Kier molecular flexibility index (Phi) is 4.72. The van der Waals surface area contributed by atoms with Gasteiger partial charge in [0.2, 0.25) is 11.8 Å². The maximum Gasteiger partial charge on any atom is 0.228 e. The van der Waals surface area contributed by atoms with Gasteiger partial charge in [-0.05, 0) is 5.56 Å². The Labute approximate surface area is 127 Å². The number of methoxy groups -OCH3 is 1. The number of aromatic nitrogens is 3. The summed E-state index contributed by atoms with van der Waals surface area (Å²) in [7, 11) is 1.60. The summed E-state index contributed by atoms with van der Waals surface area (Å²) in [6, 6.07) is 4.22. The van der Waals surface area contributed by atoms with Crippen molar-refractivity contribution < 1.29 is 9.26 Å². The number of pyridine rings is 1. The minimum atomic E-state index is 0.430. The molecule has 1 fully saturated rings. The van der Waals surface area contributed by atoms with Gasteiger partial charge in [0.05, 0.1) is 7.11 Å². The Morgan fingerprint density at radius 3 is 3.14 bits per heavy atom. The third-order valence-electron chi connectivity index (χ3n) is 3.30. The lowest BCUT2D eigenvalue weighted by Gasteiger charge is -2.21. The van der Waals surface area contributed by atoms with Gasteiger partial charge in [-0.15, -0.1) is 0 Å². The van der Waals surface area contributed by atoms with E-state index in [2.05, 4.69) is 20.4 Å². The van der Waals surface area contributed by atoms with Crippen LogP contribution in [0.25, 0.3) is 0 Å². The molecule has 21 heavy (non-hydrogen) atoms. The van der Waals surface area contributed by atoms with E-state index in [4.69, 9.17) is 9.26 Å². The first-order valence-corrected chi connectivity index (χ1v) is 8.10. The number of ether oxygens (including phenoxy) is 1. The maximum absolute atomic E-state index is 5.33. The van der Waals surface area contributed by atoms with Gasteiger partial charge in [0.1, 0.15) is 0 Å². The number of nitrogens with one attached hydrogen (secondary N) is 1. The molecule has 2 aromatic rings. The average molecular weight is 306 g/mol. The van der Waals surface area contributed by atoms with E-state index in [1.165, 1.54) is 5.75 Å². The summed E-state index contributed by atoms with van der Waals surface area (Å²) < 4.78 is 10.4. The molecule has 3 rings (SSSR count). The van der Waals surface area contributed by atoms with Crippen LogP contribution in [-0.4, -0.2) is 46.3 Å². The van der Waals surface area contributed by atoms with E-state index < -0.39 is 0 Å². The summed E-state index contributed by atoms with van der Waals surface area (Å²) in [5.74, 6) is 4.27. The predicted octanol–water partition coefficient (Wildman–Crippen LogP) is 1.31. The van der Waals surface area contributed by atoms with Gasteiger partial charge in [-0.3, -0.25) is 0 Å². The molecular weight excluding hydrogens is 288 g/mol. The third-order valence-corrected chi connectivity index (χ3v) is 4.43. The highest BCUT2D eigenvalue weighted by Gasteiger charge is 2.17. The summed E-state index contributed by atoms with van der Waals surface area (Å²) in [6.07, 6.45) is 3.18. The van der Waals surface area contributed by atoms with E-state index >= 15 is 0 Å². The van der Waals surface area contributed by atoms with Gasteiger partial charge in [-0.25, -0.2) is 4.98 Å². The fourth-order valence-corrected chi connectivity index (χ4v) is 3.17. The van der Waals surface area contributed by atoms with Crippen LogP contribution in [0.15, 0.2) is 22.9 Å². The normalized spacial score (nSPS) is 18.6. The van der Waals surface area contributed by atoms with Crippen molar-refractivity contribution in [3.63, 3.8) is 0 Å². The molecule has 0 spiro atoms. The number of hydrogen-bond acceptors (Lipinski definition) is 7. The van der Waals surface area contributed by atoms with Gasteiger partial charge in [-0.2, -0.15) is 16.7 Å². The van der Waals surface area contributed by atoms with Gasteiger partial charge in [-0.1, -0.05) is 11.2 Å². The monoisotopic (exact) mass is 306 g/mol. The molecule has 0 radical (unpaired) electrons. The molecule has 1 aliphatic rings. The van der Waals surface area contributed by atoms with E-state index in [0.717, 1.165) is 24.3 Å². The van der Waals surface area contributed by atoms with Crippen LogP contribution in [0.5, 0.6) is 5.88 Å². The highest BCUT2D eigenvalue weighted by Crippen LogP contribution is 2.13. The molecule has 1 atom stereocenters. The lowest BCUT2D eigenvalue weighted by Crippen LogP contribution is -2.38. The smallest absolute Gasteiger partial charge is 0.228 e. The van der Waals surface area contributed by atoms with Crippen molar-refractivity contribution in [2.24, 2.45) is 0 Å². The first-order valence-electron chi connectivity index (χ1n) is 6.95. The van der Waals surface area contributed by atoms with E-state index in [1.807, 2.05) is 23.9 Å². The molecule has 6 nitrogen and oxygen atoms in total. The fourth-order valence-electron chi connectivity index (χ4n) is 2.23. The van der Waals surface area contributed by atoms with E-state index in [9.17, 15) is 0 Å². The maximum atomic E-state index is 5.33. The lowest BCUT2D eigenvalue weighted by atomic mass is 10.2. The highest BCUT2D eigenvalue weighted by molar-refractivity contribution is 7.99. The average Bonchev–Trinajstić information content (AvgIpc) is 2.96. The van der Waals surface area contributed by atoms with Crippen molar-refractivity contribution in [3.05, 3.63) is 35.6 Å². The van der Waals surface area contributed by atoms with Crippen molar-refractivity contribution in [1.82, 2.24) is 20.4 Å². The van der Waals surface area contributed by atoms with Crippen LogP contribution in [0, 0.1) is 0 Å². The molecule has 0 aliphatic carbocycles. The van der Waals surface area contributed by atoms with Crippen LogP contribution < -0.4 is 10.1 Å². The Morgan fingerprint density at radius 2 is 2.43 bits per heavy atom. The van der Waals surface area contributed by atoms with Gasteiger partial charge in [0, 0.05) is 49.2 Å². The van der Waals surface area contributed by atoms with Crippen LogP contribution in [0.1, 0.15) is 17.3 Å². The quantitative estimate of drug-likeness (QED) is 0.893. The second-order valence-corrected chi connectivity index (χ2v) is 6.07. The van der Waals surface area contributed by atoms with E-state index in [-0.39, 0.29) is 0 Å². The van der Waals surface area contributed by atoms with Gasteiger partial charge in [0.25, 0.3) is 0 Å². The van der Waals surface area contributed by atoms with Gasteiger partial charge in [0.15, 0.2) is 5.82 Å². The third kappa shape index (κ3) is 3.95. The molecule has 0 aromatic carbocycles. The van der Waals surface area contributed by atoms with Crippen molar-refractivity contribution >= 4 is 11.8 Å². The molecule has 0 saturated carbocycles. The largest absolute Gasteiger partial charge is 0.481 e. The second kappa shape index (κ2) is 6.91. The van der Waals surface area contributed by atoms with Crippen LogP contribution in [-0.2, 0) is 12.8 Å². The molecule has 1 unspecified atom stereocenters. The Balaban J connectivity index is 1.58. The lowest BCUT2D eigenvalue weighted by molar-refractivity contribution is 0.359. The minimum absolute atomic E-state index is 0.430. The van der Waals surface area contributed by atoms with Gasteiger partial charge < -0.3 is 14.6 Å².